The first-order chi connectivity index (χ1) is 8.24. The highest BCUT2D eigenvalue weighted by Crippen LogP contribution is 2.22. The Bertz CT molecular complexity index is 674. The third kappa shape index (κ3) is 2.25. The van der Waals surface area contributed by atoms with E-state index < -0.39 is 0 Å². The van der Waals surface area contributed by atoms with Crippen LogP contribution in [0.15, 0.2) is 36.0 Å². The Morgan fingerprint density at radius 1 is 1.24 bits per heavy atom. The highest BCUT2D eigenvalue weighted by molar-refractivity contribution is 6.34. The molecule has 0 N–H and O–H groups in total. The maximum absolute atomic E-state index is 8.67. The van der Waals surface area contributed by atoms with E-state index >= 15 is 0 Å². The number of hydrogen-bond donors (Lipinski definition) is 0. The van der Waals surface area contributed by atoms with E-state index in [0.29, 0.717) is 5.15 Å². The zero-order chi connectivity index (χ0) is 12.3. The van der Waals surface area contributed by atoms with E-state index in [2.05, 4.69) is 4.98 Å². The predicted molar refractivity (Wildman–Crippen MR) is 66.0 cm³/mol. The molecule has 1 aromatic heterocycles. The van der Waals surface area contributed by atoms with E-state index in [4.69, 9.17) is 22.1 Å². The molecule has 1 aromatic carbocycles. The monoisotopic (exact) mass is 239 g/mol. The molecule has 80 valence electrons. The van der Waals surface area contributed by atoms with Crippen molar-refractivity contribution < 1.29 is 0 Å². The Hall–Kier alpha value is -2.36. The summed E-state index contributed by atoms with van der Waals surface area (Å²) in [5.41, 5.74) is 0.863. The second-order valence-electron chi connectivity index (χ2n) is 3.36. The van der Waals surface area contributed by atoms with Gasteiger partial charge < -0.3 is 0 Å². The van der Waals surface area contributed by atoms with Crippen LogP contribution in [-0.4, -0.2) is 4.98 Å². The summed E-state index contributed by atoms with van der Waals surface area (Å²) >= 11 is 5.94. The third-order valence-corrected chi connectivity index (χ3v) is 2.59. The van der Waals surface area contributed by atoms with E-state index in [9.17, 15) is 0 Å². The summed E-state index contributed by atoms with van der Waals surface area (Å²) in [6.45, 7) is 0. The van der Waals surface area contributed by atoms with Crippen LogP contribution in [-0.2, 0) is 0 Å². The van der Waals surface area contributed by atoms with E-state index in [-0.39, 0.29) is 5.57 Å². The number of aromatic nitrogens is 1. The fraction of sp³-hybridized carbons (Fsp3) is 0. The van der Waals surface area contributed by atoms with Crippen molar-refractivity contribution in [3.05, 3.63) is 46.8 Å². The molecule has 2 rings (SSSR count). The summed E-state index contributed by atoms with van der Waals surface area (Å²) in [6, 6.07) is 11.0. The van der Waals surface area contributed by atoms with Crippen molar-refractivity contribution >= 4 is 28.4 Å². The van der Waals surface area contributed by atoms with Crippen molar-refractivity contribution in [3.63, 3.8) is 0 Å². The highest BCUT2D eigenvalue weighted by atomic mass is 35.5. The topological polar surface area (TPSA) is 60.5 Å². The maximum Gasteiger partial charge on any atom is 0.136 e. The lowest BCUT2D eigenvalue weighted by atomic mass is 10.1. The fourth-order valence-electron chi connectivity index (χ4n) is 1.51. The van der Waals surface area contributed by atoms with Gasteiger partial charge in [0.05, 0.1) is 0 Å². The molecule has 0 saturated heterocycles. The average molecular weight is 240 g/mol. The van der Waals surface area contributed by atoms with Gasteiger partial charge in [0, 0.05) is 11.6 Å². The maximum atomic E-state index is 8.67. The Labute approximate surface area is 103 Å². The molecule has 0 aliphatic heterocycles. The molecule has 1 heterocycles. The third-order valence-electron chi connectivity index (χ3n) is 2.29. The van der Waals surface area contributed by atoms with Crippen LogP contribution in [0.4, 0.5) is 0 Å². The van der Waals surface area contributed by atoms with Crippen molar-refractivity contribution in [2.75, 3.05) is 0 Å². The first-order valence-electron chi connectivity index (χ1n) is 4.81. The number of benzene rings is 1. The smallest absolute Gasteiger partial charge is 0.136 e. The Balaban J connectivity index is 2.58. The van der Waals surface area contributed by atoms with E-state index in [0.717, 1.165) is 16.3 Å². The number of fused-ring (bicyclic) bond motifs is 1. The number of nitrogens with zero attached hydrogens (tertiary/aromatic N) is 3. The van der Waals surface area contributed by atoms with Crippen LogP contribution in [0.2, 0.25) is 5.15 Å². The van der Waals surface area contributed by atoms with Crippen molar-refractivity contribution in [2.24, 2.45) is 0 Å². The highest BCUT2D eigenvalue weighted by Gasteiger charge is 2.00. The minimum atomic E-state index is 0.0736. The lowest BCUT2D eigenvalue weighted by molar-refractivity contribution is 1.36. The Morgan fingerprint density at radius 2 is 2.00 bits per heavy atom. The van der Waals surface area contributed by atoms with Gasteiger partial charge in [0.1, 0.15) is 22.9 Å². The van der Waals surface area contributed by atoms with E-state index in [1.807, 2.05) is 30.3 Å². The molecule has 0 aliphatic carbocycles. The number of hydrogen-bond acceptors (Lipinski definition) is 3. The van der Waals surface area contributed by atoms with E-state index in [1.165, 1.54) is 6.08 Å². The normalized spacial score (nSPS) is 9.35. The van der Waals surface area contributed by atoms with Crippen LogP contribution in [0, 0.1) is 22.7 Å². The molecule has 0 bridgehead atoms. The molecule has 3 nitrogen and oxygen atoms in total. The van der Waals surface area contributed by atoms with Gasteiger partial charge in [-0.2, -0.15) is 10.5 Å². The van der Waals surface area contributed by atoms with Gasteiger partial charge in [0.25, 0.3) is 0 Å². The first-order valence-corrected chi connectivity index (χ1v) is 5.18. The van der Waals surface area contributed by atoms with Crippen LogP contribution in [0.5, 0.6) is 0 Å². The summed E-state index contributed by atoms with van der Waals surface area (Å²) in [7, 11) is 0. The number of allylic oxidation sites excluding steroid dienone is 1. The standard InChI is InChI=1S/C13H6ClN3/c14-13-12-2-1-9(5-10(7-15)8-16)6-11(12)3-4-17-13/h1-6H. The van der Waals surface area contributed by atoms with Gasteiger partial charge in [-0.1, -0.05) is 23.7 Å². The molecule has 0 saturated carbocycles. The molecule has 0 amide bonds. The lowest BCUT2D eigenvalue weighted by Gasteiger charge is -2.00. The Morgan fingerprint density at radius 3 is 2.71 bits per heavy atom. The van der Waals surface area contributed by atoms with Gasteiger partial charge in [-0.05, 0) is 29.2 Å². The second kappa shape index (κ2) is 4.65. The quantitative estimate of drug-likeness (QED) is 0.567. The Kier molecular flexibility index (Phi) is 3.05. The van der Waals surface area contributed by atoms with Crippen molar-refractivity contribution in [2.45, 2.75) is 0 Å². The molecule has 2 aromatic rings. The van der Waals surface area contributed by atoms with Crippen molar-refractivity contribution in [1.82, 2.24) is 4.98 Å². The van der Waals surface area contributed by atoms with Crippen LogP contribution in [0.25, 0.3) is 16.8 Å². The first kappa shape index (κ1) is 11.1. The molecule has 0 unspecified atom stereocenters. The second-order valence-corrected chi connectivity index (χ2v) is 3.72. The zero-order valence-electron chi connectivity index (χ0n) is 8.68. The molecule has 0 aliphatic rings. The van der Waals surface area contributed by atoms with Crippen LogP contribution >= 0.6 is 11.6 Å². The van der Waals surface area contributed by atoms with E-state index in [1.54, 1.807) is 12.3 Å². The number of pyridine rings is 1. The molecule has 0 fully saturated rings. The molecular formula is C13H6ClN3. The minimum absolute atomic E-state index is 0.0736. The largest absolute Gasteiger partial charge is 0.244 e. The van der Waals surface area contributed by atoms with Gasteiger partial charge in [-0.25, -0.2) is 4.98 Å². The molecule has 17 heavy (non-hydrogen) atoms. The summed E-state index contributed by atoms with van der Waals surface area (Å²) in [6.07, 6.45) is 3.15. The summed E-state index contributed by atoms with van der Waals surface area (Å²) in [5, 5.41) is 19.6. The number of halogens is 1. The molecule has 0 spiro atoms. The molecule has 0 atom stereocenters. The van der Waals surface area contributed by atoms with Crippen molar-refractivity contribution in [3.8, 4) is 12.1 Å². The summed E-state index contributed by atoms with van der Waals surface area (Å²) in [4.78, 5) is 3.98. The van der Waals surface area contributed by atoms with Gasteiger partial charge in [-0.3, -0.25) is 0 Å². The summed E-state index contributed by atoms with van der Waals surface area (Å²) in [5.74, 6) is 0. The van der Waals surface area contributed by atoms with Crippen LogP contribution in [0.1, 0.15) is 5.56 Å². The van der Waals surface area contributed by atoms with Crippen molar-refractivity contribution in [1.29, 1.82) is 10.5 Å². The van der Waals surface area contributed by atoms with Gasteiger partial charge >= 0.3 is 0 Å². The predicted octanol–water partition coefficient (Wildman–Crippen LogP) is 3.32. The summed E-state index contributed by atoms with van der Waals surface area (Å²) < 4.78 is 0. The number of rotatable bonds is 1. The van der Waals surface area contributed by atoms with Gasteiger partial charge in [0.2, 0.25) is 0 Å². The SMILES string of the molecule is N#CC(C#N)=Cc1ccc2c(Cl)nccc2c1. The lowest BCUT2D eigenvalue weighted by Crippen LogP contribution is -1.81. The number of nitriles is 2. The van der Waals surface area contributed by atoms with Gasteiger partial charge in [0.15, 0.2) is 0 Å². The molecule has 4 heteroatoms. The molecular weight excluding hydrogens is 234 g/mol. The molecule has 0 radical (unpaired) electrons. The average Bonchev–Trinajstić information content (AvgIpc) is 2.36. The van der Waals surface area contributed by atoms with Crippen LogP contribution < -0.4 is 0 Å². The van der Waals surface area contributed by atoms with Gasteiger partial charge in [-0.15, -0.1) is 0 Å². The fourth-order valence-corrected chi connectivity index (χ4v) is 1.73. The van der Waals surface area contributed by atoms with Crippen LogP contribution in [0.3, 0.4) is 0 Å². The minimum Gasteiger partial charge on any atom is -0.244 e. The zero-order valence-corrected chi connectivity index (χ0v) is 9.44.